The lowest BCUT2D eigenvalue weighted by atomic mass is 9.99. The quantitative estimate of drug-likeness (QED) is 0.809. The largest absolute Gasteiger partial charge is 0.294 e. The van der Waals surface area contributed by atoms with Crippen LogP contribution in [-0.4, -0.2) is 15.6 Å². The lowest BCUT2D eigenvalue weighted by Crippen LogP contribution is -2.07. The number of hydrogen-bond acceptors (Lipinski definition) is 2. The predicted octanol–water partition coefficient (Wildman–Crippen LogP) is 3.25. The zero-order chi connectivity index (χ0) is 14.2. The molecule has 0 bridgehead atoms. The van der Waals surface area contributed by atoms with E-state index in [1.54, 1.807) is 27.0 Å². The molecule has 1 aromatic heterocycles. The summed E-state index contributed by atoms with van der Waals surface area (Å²) in [7, 11) is 1.72. The Kier molecular flexibility index (Phi) is 3.71. The standard InChI is InChI=1S/C14H14ClFN2O/c1-8-4-5-10(16)6-11(8)13(19)7-12-9(2)17-18(3)14(12)15/h4-6H,7H2,1-3H3. The van der Waals surface area contributed by atoms with E-state index in [1.807, 2.05) is 0 Å². The molecule has 1 heterocycles. The molecule has 19 heavy (non-hydrogen) atoms. The smallest absolute Gasteiger partial charge is 0.167 e. The Bertz CT molecular complexity index is 649. The molecule has 2 aromatic rings. The SMILES string of the molecule is Cc1ccc(F)cc1C(=O)Cc1c(C)nn(C)c1Cl. The molecule has 0 N–H and O–H groups in total. The first-order valence-corrected chi connectivity index (χ1v) is 6.25. The van der Waals surface area contributed by atoms with Crippen molar-refractivity contribution in [1.29, 1.82) is 0 Å². The van der Waals surface area contributed by atoms with Crippen molar-refractivity contribution in [2.75, 3.05) is 0 Å². The molecule has 5 heteroatoms. The fourth-order valence-electron chi connectivity index (χ4n) is 2.03. The molecule has 1 aromatic carbocycles. The van der Waals surface area contributed by atoms with Crippen molar-refractivity contribution in [1.82, 2.24) is 9.78 Å². The number of carbonyl (C=O) groups excluding carboxylic acids is 1. The van der Waals surface area contributed by atoms with Crippen LogP contribution in [0.5, 0.6) is 0 Å². The van der Waals surface area contributed by atoms with Crippen molar-refractivity contribution in [3.63, 3.8) is 0 Å². The average molecular weight is 281 g/mol. The molecule has 0 radical (unpaired) electrons. The Morgan fingerprint density at radius 2 is 2.11 bits per heavy atom. The minimum absolute atomic E-state index is 0.128. The van der Waals surface area contributed by atoms with Gasteiger partial charge in [-0.25, -0.2) is 4.39 Å². The maximum Gasteiger partial charge on any atom is 0.167 e. The average Bonchev–Trinajstić information content (AvgIpc) is 2.59. The molecule has 0 aliphatic rings. The minimum Gasteiger partial charge on any atom is -0.294 e. The number of nitrogens with zero attached hydrogens (tertiary/aromatic N) is 2. The van der Waals surface area contributed by atoms with Crippen LogP contribution in [0.15, 0.2) is 18.2 Å². The van der Waals surface area contributed by atoms with Gasteiger partial charge in [0.15, 0.2) is 5.78 Å². The highest BCUT2D eigenvalue weighted by atomic mass is 35.5. The van der Waals surface area contributed by atoms with E-state index in [2.05, 4.69) is 5.10 Å². The van der Waals surface area contributed by atoms with Crippen LogP contribution >= 0.6 is 11.6 Å². The summed E-state index contributed by atoms with van der Waals surface area (Å²) in [6.07, 6.45) is 0.128. The van der Waals surface area contributed by atoms with Crippen LogP contribution in [0.2, 0.25) is 5.15 Å². The first kappa shape index (κ1) is 13.7. The summed E-state index contributed by atoms with van der Waals surface area (Å²) < 4.78 is 14.7. The van der Waals surface area contributed by atoms with Gasteiger partial charge in [-0.3, -0.25) is 9.48 Å². The number of benzene rings is 1. The van der Waals surface area contributed by atoms with E-state index in [4.69, 9.17) is 11.6 Å². The van der Waals surface area contributed by atoms with Crippen molar-refractivity contribution in [3.8, 4) is 0 Å². The Labute approximate surface area is 116 Å². The molecular formula is C14H14ClFN2O. The predicted molar refractivity (Wildman–Crippen MR) is 72.1 cm³/mol. The second-order valence-electron chi connectivity index (χ2n) is 4.54. The molecule has 0 aliphatic heterocycles. The summed E-state index contributed by atoms with van der Waals surface area (Å²) in [5.74, 6) is -0.571. The fourth-order valence-corrected chi connectivity index (χ4v) is 2.27. The monoisotopic (exact) mass is 280 g/mol. The number of halogens is 2. The number of hydrogen-bond donors (Lipinski definition) is 0. The summed E-state index contributed by atoms with van der Waals surface area (Å²) in [4.78, 5) is 12.2. The van der Waals surface area contributed by atoms with Crippen molar-refractivity contribution in [2.24, 2.45) is 7.05 Å². The normalized spacial score (nSPS) is 10.8. The summed E-state index contributed by atoms with van der Waals surface area (Å²) in [6.45, 7) is 3.58. The van der Waals surface area contributed by atoms with Crippen LogP contribution in [-0.2, 0) is 13.5 Å². The summed E-state index contributed by atoms with van der Waals surface area (Å²) in [5, 5.41) is 4.60. The first-order valence-electron chi connectivity index (χ1n) is 5.87. The van der Waals surface area contributed by atoms with Gasteiger partial charge in [0.1, 0.15) is 11.0 Å². The highest BCUT2D eigenvalue weighted by molar-refractivity contribution is 6.30. The molecule has 100 valence electrons. The maximum absolute atomic E-state index is 13.2. The van der Waals surface area contributed by atoms with Gasteiger partial charge in [0.05, 0.1) is 5.69 Å². The van der Waals surface area contributed by atoms with Crippen molar-refractivity contribution in [2.45, 2.75) is 20.3 Å². The summed E-state index contributed by atoms with van der Waals surface area (Å²) >= 11 is 6.09. The molecule has 0 amide bonds. The molecule has 0 fully saturated rings. The third-order valence-corrected chi connectivity index (χ3v) is 3.58. The van der Waals surface area contributed by atoms with Gasteiger partial charge in [-0.15, -0.1) is 0 Å². The lowest BCUT2D eigenvalue weighted by molar-refractivity contribution is 0.0991. The van der Waals surface area contributed by atoms with E-state index in [-0.39, 0.29) is 12.2 Å². The molecule has 0 atom stereocenters. The van der Waals surface area contributed by atoms with E-state index in [0.29, 0.717) is 16.3 Å². The molecule has 3 nitrogen and oxygen atoms in total. The summed E-state index contributed by atoms with van der Waals surface area (Å²) in [5.41, 5.74) is 2.55. The molecule has 0 saturated carbocycles. The van der Waals surface area contributed by atoms with E-state index < -0.39 is 5.82 Å². The molecule has 0 saturated heterocycles. The van der Waals surface area contributed by atoms with Crippen molar-refractivity contribution >= 4 is 17.4 Å². The second kappa shape index (κ2) is 5.13. The Morgan fingerprint density at radius 3 is 2.68 bits per heavy atom. The van der Waals surface area contributed by atoms with Crippen LogP contribution in [0, 0.1) is 19.7 Å². The van der Waals surface area contributed by atoms with Gasteiger partial charge in [0.25, 0.3) is 0 Å². The maximum atomic E-state index is 13.2. The van der Waals surface area contributed by atoms with Gasteiger partial charge in [-0.1, -0.05) is 17.7 Å². The van der Waals surface area contributed by atoms with E-state index in [0.717, 1.165) is 11.3 Å². The van der Waals surface area contributed by atoms with Gasteiger partial charge >= 0.3 is 0 Å². The zero-order valence-electron chi connectivity index (χ0n) is 11.0. The molecule has 0 spiro atoms. The second-order valence-corrected chi connectivity index (χ2v) is 4.90. The van der Waals surface area contributed by atoms with Crippen LogP contribution in [0.1, 0.15) is 27.2 Å². The Balaban J connectivity index is 2.33. The number of ketones is 1. The third kappa shape index (κ3) is 2.68. The molecule has 0 unspecified atom stereocenters. The molecular weight excluding hydrogens is 267 g/mol. The van der Waals surface area contributed by atoms with Gasteiger partial charge < -0.3 is 0 Å². The number of carbonyl (C=O) groups is 1. The van der Waals surface area contributed by atoms with Gasteiger partial charge in [-0.2, -0.15) is 5.10 Å². The third-order valence-electron chi connectivity index (χ3n) is 3.11. The topological polar surface area (TPSA) is 34.9 Å². The van der Waals surface area contributed by atoms with E-state index in [1.165, 1.54) is 16.8 Å². The number of aromatic nitrogens is 2. The van der Waals surface area contributed by atoms with E-state index >= 15 is 0 Å². The first-order chi connectivity index (χ1) is 8.90. The number of rotatable bonds is 3. The molecule has 2 rings (SSSR count). The Morgan fingerprint density at radius 1 is 1.42 bits per heavy atom. The van der Waals surface area contributed by atoms with Crippen LogP contribution in [0.25, 0.3) is 0 Å². The molecule has 0 aliphatic carbocycles. The van der Waals surface area contributed by atoms with Gasteiger partial charge in [0, 0.05) is 24.6 Å². The highest BCUT2D eigenvalue weighted by Crippen LogP contribution is 2.21. The minimum atomic E-state index is -0.414. The van der Waals surface area contributed by atoms with Crippen LogP contribution < -0.4 is 0 Å². The van der Waals surface area contributed by atoms with Gasteiger partial charge in [-0.05, 0) is 31.5 Å². The van der Waals surface area contributed by atoms with Crippen molar-refractivity contribution in [3.05, 3.63) is 51.6 Å². The lowest BCUT2D eigenvalue weighted by Gasteiger charge is -2.05. The van der Waals surface area contributed by atoms with Gasteiger partial charge in [0.2, 0.25) is 0 Å². The Hall–Kier alpha value is -1.68. The van der Waals surface area contributed by atoms with E-state index in [9.17, 15) is 9.18 Å². The number of Topliss-reactive ketones (excluding diaryl/α,β-unsaturated/α-hetero) is 1. The van der Waals surface area contributed by atoms with Crippen LogP contribution in [0.4, 0.5) is 4.39 Å². The summed E-state index contributed by atoms with van der Waals surface area (Å²) in [6, 6.07) is 4.20. The zero-order valence-corrected chi connectivity index (χ0v) is 11.8. The van der Waals surface area contributed by atoms with Crippen LogP contribution in [0.3, 0.4) is 0 Å². The fraction of sp³-hybridized carbons (Fsp3) is 0.286. The highest BCUT2D eigenvalue weighted by Gasteiger charge is 2.17. The number of aryl methyl sites for hydroxylation is 3. The van der Waals surface area contributed by atoms with Crippen molar-refractivity contribution < 1.29 is 9.18 Å².